The van der Waals surface area contributed by atoms with Crippen LogP contribution in [0, 0.1) is 6.92 Å². The SMILES string of the molecule is C=C(C)C1=NC(N(C)c2ccc(N=Nc3c(C)[nH]n(-c4ccccc4)c3=O)cc2)N(N)C=N1. The summed E-state index contributed by atoms with van der Waals surface area (Å²) >= 11 is 0. The summed E-state index contributed by atoms with van der Waals surface area (Å²) < 4.78 is 1.45. The average molecular weight is 444 g/mol. The van der Waals surface area contributed by atoms with Gasteiger partial charge in [-0.3, -0.25) is 14.9 Å². The van der Waals surface area contributed by atoms with Gasteiger partial charge in [0, 0.05) is 12.7 Å². The van der Waals surface area contributed by atoms with Crippen LogP contribution in [0.15, 0.2) is 91.8 Å². The van der Waals surface area contributed by atoms with Crippen LogP contribution in [0.2, 0.25) is 0 Å². The van der Waals surface area contributed by atoms with Crippen molar-refractivity contribution in [3.05, 3.63) is 82.8 Å². The van der Waals surface area contributed by atoms with E-state index in [-0.39, 0.29) is 11.2 Å². The Hall–Kier alpha value is -4.31. The Balaban J connectivity index is 1.53. The lowest BCUT2D eigenvalue weighted by Crippen LogP contribution is -2.51. The molecule has 2 heterocycles. The Morgan fingerprint density at radius 1 is 1.15 bits per heavy atom. The van der Waals surface area contributed by atoms with Crippen molar-refractivity contribution >= 4 is 29.2 Å². The normalized spacial score (nSPS) is 15.7. The molecule has 2 aromatic carbocycles. The second-order valence-electron chi connectivity index (χ2n) is 7.66. The summed E-state index contributed by atoms with van der Waals surface area (Å²) in [6.45, 7) is 7.53. The Bertz CT molecular complexity index is 1300. The quantitative estimate of drug-likeness (QED) is 0.445. The molecule has 0 fully saturated rings. The lowest BCUT2D eigenvalue weighted by Gasteiger charge is -2.34. The molecule has 3 N–H and O–H groups in total. The Morgan fingerprint density at radius 3 is 2.52 bits per heavy atom. The molecule has 168 valence electrons. The molecule has 0 radical (unpaired) electrons. The molecule has 0 saturated heterocycles. The molecule has 0 amide bonds. The zero-order valence-corrected chi connectivity index (χ0v) is 18.7. The van der Waals surface area contributed by atoms with Crippen molar-refractivity contribution < 1.29 is 0 Å². The molecule has 33 heavy (non-hydrogen) atoms. The number of hydrogen-bond acceptors (Lipinski definition) is 8. The number of para-hydroxylation sites is 1. The van der Waals surface area contributed by atoms with Gasteiger partial charge in [-0.2, -0.15) is 5.11 Å². The molecule has 1 aliphatic rings. The van der Waals surface area contributed by atoms with Gasteiger partial charge in [-0.15, -0.1) is 5.11 Å². The zero-order chi connectivity index (χ0) is 23.5. The highest BCUT2D eigenvalue weighted by atomic mass is 16.1. The fourth-order valence-corrected chi connectivity index (χ4v) is 3.31. The number of rotatable bonds is 6. The molecule has 10 heteroatoms. The smallest absolute Gasteiger partial charge is 0.299 e. The van der Waals surface area contributed by atoms with Crippen LogP contribution < -0.4 is 16.3 Å². The Kier molecular flexibility index (Phi) is 6.01. The van der Waals surface area contributed by atoms with E-state index in [0.29, 0.717) is 17.2 Å². The summed E-state index contributed by atoms with van der Waals surface area (Å²) in [7, 11) is 1.88. The van der Waals surface area contributed by atoms with Gasteiger partial charge in [-0.05, 0) is 55.8 Å². The second kappa shape index (κ2) is 9.05. The van der Waals surface area contributed by atoms with Crippen LogP contribution in [0.5, 0.6) is 0 Å². The molecule has 4 rings (SSSR count). The first-order valence-electron chi connectivity index (χ1n) is 10.3. The number of azo groups is 1. The molecule has 1 unspecified atom stereocenters. The van der Waals surface area contributed by atoms with Crippen molar-refractivity contribution in [2.45, 2.75) is 20.1 Å². The number of nitrogens with zero attached hydrogens (tertiary/aromatic N) is 7. The van der Waals surface area contributed by atoms with Crippen molar-refractivity contribution in [2.24, 2.45) is 26.1 Å². The number of hydrazine groups is 1. The topological polar surface area (TPSA) is 120 Å². The number of aryl methyl sites for hydroxylation is 1. The van der Waals surface area contributed by atoms with Crippen molar-refractivity contribution in [3.63, 3.8) is 0 Å². The van der Waals surface area contributed by atoms with E-state index in [9.17, 15) is 4.79 Å². The van der Waals surface area contributed by atoms with Crippen LogP contribution in [0.4, 0.5) is 17.1 Å². The molecule has 3 aromatic rings. The number of nitrogens with one attached hydrogen (secondary N) is 1. The van der Waals surface area contributed by atoms with E-state index in [1.807, 2.05) is 73.5 Å². The number of nitrogens with two attached hydrogens (primary N) is 1. The van der Waals surface area contributed by atoms with Gasteiger partial charge in [-0.25, -0.2) is 20.5 Å². The Morgan fingerprint density at radius 2 is 1.85 bits per heavy atom. The van der Waals surface area contributed by atoms with E-state index < -0.39 is 6.29 Å². The third-order valence-electron chi connectivity index (χ3n) is 5.12. The van der Waals surface area contributed by atoms with Gasteiger partial charge < -0.3 is 4.90 Å². The van der Waals surface area contributed by atoms with Crippen LogP contribution in [0.25, 0.3) is 5.69 Å². The highest BCUT2D eigenvalue weighted by molar-refractivity contribution is 6.02. The summed E-state index contributed by atoms with van der Waals surface area (Å²) in [5, 5.41) is 12.9. The summed E-state index contributed by atoms with van der Waals surface area (Å²) in [4.78, 5) is 23.4. The number of benzene rings is 2. The highest BCUT2D eigenvalue weighted by Crippen LogP contribution is 2.24. The van der Waals surface area contributed by atoms with E-state index in [1.165, 1.54) is 16.0 Å². The molecule has 10 nitrogen and oxygen atoms in total. The summed E-state index contributed by atoms with van der Waals surface area (Å²) in [6, 6.07) is 16.7. The van der Waals surface area contributed by atoms with Gasteiger partial charge in [-0.1, -0.05) is 24.8 Å². The molecular weight excluding hydrogens is 418 g/mol. The fourth-order valence-electron chi connectivity index (χ4n) is 3.31. The first-order chi connectivity index (χ1) is 15.8. The lowest BCUT2D eigenvalue weighted by atomic mass is 10.2. The standard InChI is InChI=1S/C23H25N9O/c1-15(2)21-25-14-31(24)23(26-21)30(4)18-12-10-17(11-13-18)27-28-20-16(3)29-32(22(20)33)19-8-6-5-7-9-19/h5-14,23,29H,1,24H2,2-4H3. The highest BCUT2D eigenvalue weighted by Gasteiger charge is 2.22. The van der Waals surface area contributed by atoms with Gasteiger partial charge in [0.15, 0.2) is 11.5 Å². The van der Waals surface area contributed by atoms with Crippen molar-refractivity contribution in [1.29, 1.82) is 0 Å². The van der Waals surface area contributed by atoms with E-state index in [1.54, 1.807) is 6.92 Å². The van der Waals surface area contributed by atoms with Crippen LogP contribution in [-0.2, 0) is 0 Å². The number of aromatic amines is 1. The summed E-state index contributed by atoms with van der Waals surface area (Å²) in [5.74, 6) is 6.59. The molecule has 0 aliphatic carbocycles. The Labute approximate surface area is 191 Å². The third kappa shape index (κ3) is 4.51. The summed E-state index contributed by atoms with van der Waals surface area (Å²) in [5.41, 5.74) is 3.63. The maximum Gasteiger partial charge on any atom is 0.299 e. The number of H-pyrrole nitrogens is 1. The molecule has 1 atom stereocenters. The molecule has 1 aliphatic heterocycles. The van der Waals surface area contributed by atoms with Crippen LogP contribution in [0.1, 0.15) is 12.6 Å². The predicted molar refractivity (Wildman–Crippen MR) is 131 cm³/mol. The third-order valence-corrected chi connectivity index (χ3v) is 5.12. The van der Waals surface area contributed by atoms with Crippen LogP contribution >= 0.6 is 0 Å². The van der Waals surface area contributed by atoms with Crippen LogP contribution in [-0.4, -0.2) is 40.3 Å². The van der Waals surface area contributed by atoms with Gasteiger partial charge in [0.25, 0.3) is 5.56 Å². The van der Waals surface area contributed by atoms with Crippen molar-refractivity contribution in [3.8, 4) is 5.69 Å². The maximum atomic E-state index is 12.8. The zero-order valence-electron chi connectivity index (χ0n) is 18.7. The average Bonchev–Trinajstić information content (AvgIpc) is 3.11. The largest absolute Gasteiger partial charge is 0.335 e. The van der Waals surface area contributed by atoms with Gasteiger partial charge >= 0.3 is 0 Å². The summed E-state index contributed by atoms with van der Waals surface area (Å²) in [6.07, 6.45) is 1.07. The minimum absolute atomic E-state index is 0.257. The molecule has 0 spiro atoms. The predicted octanol–water partition coefficient (Wildman–Crippen LogP) is 3.80. The lowest BCUT2D eigenvalue weighted by molar-refractivity contribution is 0.331. The maximum absolute atomic E-state index is 12.8. The van der Waals surface area contributed by atoms with Crippen molar-refractivity contribution in [1.82, 2.24) is 14.8 Å². The number of anilines is 1. The minimum atomic E-state index is -0.458. The minimum Gasteiger partial charge on any atom is -0.335 e. The van der Waals surface area contributed by atoms with Gasteiger partial charge in [0.05, 0.1) is 17.1 Å². The molecule has 0 saturated carbocycles. The van der Waals surface area contributed by atoms with Crippen molar-refractivity contribution in [2.75, 3.05) is 11.9 Å². The second-order valence-corrected chi connectivity index (χ2v) is 7.66. The van der Waals surface area contributed by atoms with E-state index in [2.05, 4.69) is 31.9 Å². The number of aliphatic imine (C=N–C) groups is 2. The van der Waals surface area contributed by atoms with E-state index >= 15 is 0 Å². The monoisotopic (exact) mass is 443 g/mol. The first kappa shape index (κ1) is 21.9. The van der Waals surface area contributed by atoms with E-state index in [0.717, 1.165) is 16.9 Å². The molecule has 1 aromatic heterocycles. The van der Waals surface area contributed by atoms with Crippen LogP contribution in [0.3, 0.4) is 0 Å². The number of hydrogen-bond donors (Lipinski definition) is 2. The number of aromatic nitrogens is 2. The van der Waals surface area contributed by atoms with E-state index in [4.69, 9.17) is 5.84 Å². The molecule has 0 bridgehead atoms. The van der Waals surface area contributed by atoms with Gasteiger partial charge in [0.1, 0.15) is 6.34 Å². The fraction of sp³-hybridized carbons (Fsp3) is 0.174. The first-order valence-corrected chi connectivity index (χ1v) is 10.3. The molecular formula is C23H25N9O. The number of amidine groups is 1. The van der Waals surface area contributed by atoms with Gasteiger partial charge in [0.2, 0.25) is 6.29 Å².